The smallest absolute Gasteiger partial charge is 0.0991 e. The molecule has 0 aromatic heterocycles. The number of nitriles is 1. The van der Waals surface area contributed by atoms with Crippen LogP contribution in [0, 0.1) is 11.3 Å². The van der Waals surface area contributed by atoms with E-state index in [9.17, 15) is 0 Å². The van der Waals surface area contributed by atoms with Gasteiger partial charge in [0.25, 0.3) is 0 Å². The second-order valence-electron chi connectivity index (χ2n) is 4.58. The molecule has 20 heavy (non-hydrogen) atoms. The van der Waals surface area contributed by atoms with Crippen LogP contribution in [0.3, 0.4) is 0 Å². The predicted molar refractivity (Wildman–Crippen MR) is 82.9 cm³/mol. The zero-order chi connectivity index (χ0) is 14.5. The maximum absolute atomic E-state index is 8.88. The Balaban J connectivity index is 2.04. The van der Waals surface area contributed by atoms with Crippen molar-refractivity contribution in [2.45, 2.75) is 19.5 Å². The highest BCUT2D eigenvalue weighted by Crippen LogP contribution is 2.26. The first-order valence-electron chi connectivity index (χ1n) is 6.27. The lowest BCUT2D eigenvalue weighted by atomic mass is 10.1. The van der Waals surface area contributed by atoms with Crippen LogP contribution in [0.4, 0.5) is 0 Å². The number of benzene rings is 2. The van der Waals surface area contributed by atoms with Gasteiger partial charge in [-0.05, 0) is 42.3 Å². The molecule has 0 aliphatic carbocycles. The van der Waals surface area contributed by atoms with Crippen LogP contribution < -0.4 is 5.32 Å². The van der Waals surface area contributed by atoms with E-state index in [2.05, 4.69) is 11.4 Å². The van der Waals surface area contributed by atoms with E-state index in [0.717, 1.165) is 11.1 Å². The van der Waals surface area contributed by atoms with Crippen molar-refractivity contribution in [3.63, 3.8) is 0 Å². The zero-order valence-corrected chi connectivity index (χ0v) is 12.5. The van der Waals surface area contributed by atoms with Gasteiger partial charge in [0.15, 0.2) is 0 Å². The number of nitrogens with one attached hydrogen (secondary N) is 1. The Kier molecular flexibility index (Phi) is 5.03. The van der Waals surface area contributed by atoms with Gasteiger partial charge in [0.2, 0.25) is 0 Å². The van der Waals surface area contributed by atoms with Gasteiger partial charge < -0.3 is 5.32 Å². The van der Waals surface area contributed by atoms with Gasteiger partial charge in [-0.2, -0.15) is 5.26 Å². The molecule has 0 aliphatic rings. The number of hydrogen-bond acceptors (Lipinski definition) is 2. The highest BCUT2D eigenvalue weighted by molar-refractivity contribution is 6.35. The molecule has 0 radical (unpaired) electrons. The summed E-state index contributed by atoms with van der Waals surface area (Å²) in [5.41, 5.74) is 2.75. The van der Waals surface area contributed by atoms with Crippen molar-refractivity contribution in [1.29, 1.82) is 5.26 Å². The van der Waals surface area contributed by atoms with Gasteiger partial charge in [-0.25, -0.2) is 0 Å². The topological polar surface area (TPSA) is 35.8 Å². The third-order valence-corrected chi connectivity index (χ3v) is 3.66. The predicted octanol–water partition coefficient (Wildman–Crippen LogP) is 4.72. The summed E-state index contributed by atoms with van der Waals surface area (Å²) < 4.78 is 0. The van der Waals surface area contributed by atoms with Crippen molar-refractivity contribution in [3.05, 3.63) is 69.2 Å². The van der Waals surface area contributed by atoms with Crippen LogP contribution in [0.5, 0.6) is 0 Å². The molecule has 0 saturated carbocycles. The molecule has 0 unspecified atom stereocenters. The zero-order valence-electron chi connectivity index (χ0n) is 11.0. The van der Waals surface area contributed by atoms with Gasteiger partial charge in [0, 0.05) is 22.6 Å². The summed E-state index contributed by atoms with van der Waals surface area (Å²) in [5.74, 6) is 0. The minimum atomic E-state index is 0.102. The van der Waals surface area contributed by atoms with Crippen LogP contribution in [0.15, 0.2) is 42.5 Å². The molecule has 0 bridgehead atoms. The highest BCUT2D eigenvalue weighted by Gasteiger charge is 2.09. The largest absolute Gasteiger partial charge is 0.306 e. The summed E-state index contributed by atoms with van der Waals surface area (Å²) in [4.78, 5) is 0. The molecule has 4 heteroatoms. The van der Waals surface area contributed by atoms with Crippen LogP contribution >= 0.6 is 23.2 Å². The molecule has 1 atom stereocenters. The molecular weight excluding hydrogens is 291 g/mol. The summed E-state index contributed by atoms with van der Waals surface area (Å²) in [6, 6.07) is 15.3. The van der Waals surface area contributed by atoms with E-state index in [-0.39, 0.29) is 6.04 Å². The van der Waals surface area contributed by atoms with Gasteiger partial charge in [0.1, 0.15) is 0 Å². The van der Waals surface area contributed by atoms with Crippen molar-refractivity contribution in [2.24, 2.45) is 0 Å². The molecule has 102 valence electrons. The van der Waals surface area contributed by atoms with E-state index < -0.39 is 0 Å². The number of halogens is 2. The standard InChI is InChI=1S/C16H14Cl2N2/c1-11(15-6-5-14(17)8-16(15)18)20-10-13-4-2-3-12(7-13)9-19/h2-8,11,20H,10H2,1H3/t11-/m0/s1. The van der Waals surface area contributed by atoms with Crippen molar-refractivity contribution < 1.29 is 0 Å². The average molecular weight is 305 g/mol. The highest BCUT2D eigenvalue weighted by atomic mass is 35.5. The van der Waals surface area contributed by atoms with Crippen LogP contribution in [-0.4, -0.2) is 0 Å². The van der Waals surface area contributed by atoms with Crippen LogP contribution in [-0.2, 0) is 6.54 Å². The second kappa shape index (κ2) is 6.76. The fourth-order valence-electron chi connectivity index (χ4n) is 1.98. The average Bonchev–Trinajstić information content (AvgIpc) is 2.45. The Morgan fingerprint density at radius 1 is 1.20 bits per heavy atom. The Morgan fingerprint density at radius 3 is 2.70 bits per heavy atom. The minimum Gasteiger partial charge on any atom is -0.306 e. The van der Waals surface area contributed by atoms with E-state index in [1.165, 1.54) is 0 Å². The quantitative estimate of drug-likeness (QED) is 0.887. The van der Waals surface area contributed by atoms with Gasteiger partial charge in [-0.15, -0.1) is 0 Å². The molecule has 0 spiro atoms. The monoisotopic (exact) mass is 304 g/mol. The van der Waals surface area contributed by atoms with Gasteiger partial charge in [0.05, 0.1) is 11.6 Å². The molecular formula is C16H14Cl2N2. The van der Waals surface area contributed by atoms with E-state index in [1.807, 2.05) is 37.3 Å². The van der Waals surface area contributed by atoms with Crippen molar-refractivity contribution in [1.82, 2.24) is 5.32 Å². The summed E-state index contributed by atoms with van der Waals surface area (Å²) in [7, 11) is 0. The van der Waals surface area contributed by atoms with Crippen LogP contribution in [0.25, 0.3) is 0 Å². The van der Waals surface area contributed by atoms with Crippen molar-refractivity contribution in [2.75, 3.05) is 0 Å². The lowest BCUT2D eigenvalue weighted by molar-refractivity contribution is 0.575. The van der Waals surface area contributed by atoms with Crippen molar-refractivity contribution in [3.8, 4) is 6.07 Å². The molecule has 2 aromatic carbocycles. The van der Waals surface area contributed by atoms with E-state index in [4.69, 9.17) is 28.5 Å². The van der Waals surface area contributed by atoms with Crippen LogP contribution in [0.1, 0.15) is 29.7 Å². The minimum absolute atomic E-state index is 0.102. The van der Waals surface area contributed by atoms with E-state index in [1.54, 1.807) is 12.1 Å². The third kappa shape index (κ3) is 3.74. The first kappa shape index (κ1) is 14.9. The summed E-state index contributed by atoms with van der Waals surface area (Å²) in [5, 5.41) is 13.6. The van der Waals surface area contributed by atoms with Gasteiger partial charge in [-0.3, -0.25) is 0 Å². The SMILES string of the molecule is C[C@H](NCc1cccc(C#N)c1)c1ccc(Cl)cc1Cl. The number of rotatable bonds is 4. The number of hydrogen-bond donors (Lipinski definition) is 1. The molecule has 0 saturated heterocycles. The fourth-order valence-corrected chi connectivity index (χ4v) is 2.56. The lowest BCUT2D eigenvalue weighted by Crippen LogP contribution is -2.18. The second-order valence-corrected chi connectivity index (χ2v) is 5.42. The Hall–Kier alpha value is -1.53. The Bertz CT molecular complexity index is 647. The van der Waals surface area contributed by atoms with E-state index in [0.29, 0.717) is 22.2 Å². The number of nitrogens with zero attached hydrogens (tertiary/aromatic N) is 1. The molecule has 0 aliphatic heterocycles. The molecule has 2 rings (SSSR count). The molecule has 0 heterocycles. The summed E-state index contributed by atoms with van der Waals surface area (Å²) in [6.07, 6.45) is 0. The fraction of sp³-hybridized carbons (Fsp3) is 0.188. The maximum Gasteiger partial charge on any atom is 0.0991 e. The Labute approximate surface area is 128 Å². The normalized spacial score (nSPS) is 11.9. The molecule has 1 N–H and O–H groups in total. The summed E-state index contributed by atoms with van der Waals surface area (Å²) >= 11 is 12.1. The van der Waals surface area contributed by atoms with Gasteiger partial charge >= 0.3 is 0 Å². The summed E-state index contributed by atoms with van der Waals surface area (Å²) in [6.45, 7) is 2.72. The molecule has 0 fully saturated rings. The maximum atomic E-state index is 8.88. The third-order valence-electron chi connectivity index (χ3n) is 3.10. The first-order valence-corrected chi connectivity index (χ1v) is 7.03. The lowest BCUT2D eigenvalue weighted by Gasteiger charge is -2.16. The van der Waals surface area contributed by atoms with Gasteiger partial charge in [-0.1, -0.05) is 41.4 Å². The Morgan fingerprint density at radius 2 is 2.00 bits per heavy atom. The first-order chi connectivity index (χ1) is 9.60. The van der Waals surface area contributed by atoms with Crippen molar-refractivity contribution >= 4 is 23.2 Å². The molecule has 2 nitrogen and oxygen atoms in total. The molecule has 2 aromatic rings. The van der Waals surface area contributed by atoms with Crippen LogP contribution in [0.2, 0.25) is 10.0 Å². The molecule has 0 amide bonds. The van der Waals surface area contributed by atoms with E-state index >= 15 is 0 Å².